The van der Waals surface area contributed by atoms with Gasteiger partial charge in [0.25, 0.3) is 5.91 Å². The smallest absolute Gasteiger partial charge is 0.405 e. The molecule has 0 saturated carbocycles. The van der Waals surface area contributed by atoms with Gasteiger partial charge in [-0.2, -0.15) is 13.2 Å². The minimum absolute atomic E-state index is 0.122. The van der Waals surface area contributed by atoms with Crippen molar-refractivity contribution in [1.29, 1.82) is 0 Å². The summed E-state index contributed by atoms with van der Waals surface area (Å²) in [6, 6.07) is 7.34. The number of hydrogen-bond donors (Lipinski definition) is 1. The molecule has 16 heteroatoms. The number of para-hydroxylation sites is 1. The van der Waals surface area contributed by atoms with Gasteiger partial charge in [-0.15, -0.1) is 13.2 Å². The van der Waals surface area contributed by atoms with Crippen molar-refractivity contribution in [3.05, 3.63) is 72.1 Å². The minimum Gasteiger partial charge on any atom is -0.405 e. The maximum atomic E-state index is 13.5. The molecule has 1 heterocycles. The van der Waals surface area contributed by atoms with Crippen molar-refractivity contribution in [1.82, 2.24) is 4.98 Å². The van der Waals surface area contributed by atoms with Crippen molar-refractivity contribution in [2.75, 3.05) is 11.4 Å². The van der Waals surface area contributed by atoms with Crippen molar-refractivity contribution >= 4 is 45.7 Å². The SMILES string of the molecule is NC(=O)CN(C(=O)c1cc(C(F)(F)F)cc(S(=O)(=O)I)c1)c1cnccc1-c1ccccc1OC(F)(F)F. The van der Waals surface area contributed by atoms with Gasteiger partial charge in [-0.1, -0.05) is 18.2 Å². The summed E-state index contributed by atoms with van der Waals surface area (Å²) in [6.07, 6.45) is -8.01. The number of rotatable bonds is 7. The standard InChI is InChI=1S/C22H14F6IN3O5S/c23-21(24,25)13-7-12(8-14(9-13)38(29,35)36)20(34)32(11-19(30)33)17-10-31-6-5-15(17)16-3-1-2-4-18(16)37-22(26,27)28/h1-10H,11H2,(H2,30,33). The topological polar surface area (TPSA) is 120 Å². The Morgan fingerprint density at radius 1 is 1.00 bits per heavy atom. The molecule has 0 atom stereocenters. The molecule has 2 N–H and O–H groups in total. The van der Waals surface area contributed by atoms with Crippen molar-refractivity contribution in [2.24, 2.45) is 5.73 Å². The van der Waals surface area contributed by atoms with Crippen LogP contribution in [0, 0.1) is 0 Å². The van der Waals surface area contributed by atoms with Crippen LogP contribution >= 0.6 is 21.2 Å². The van der Waals surface area contributed by atoms with Gasteiger partial charge in [-0.3, -0.25) is 19.5 Å². The van der Waals surface area contributed by atoms with Gasteiger partial charge in [0.05, 0.1) is 43.5 Å². The largest absolute Gasteiger partial charge is 0.573 e. The lowest BCUT2D eigenvalue weighted by atomic mass is 10.0. The predicted octanol–water partition coefficient (Wildman–Crippen LogP) is 4.92. The Hall–Kier alpha value is -3.41. The molecule has 1 aromatic heterocycles. The van der Waals surface area contributed by atoms with E-state index in [2.05, 4.69) is 9.72 Å². The number of aromatic nitrogens is 1. The van der Waals surface area contributed by atoms with E-state index in [-0.39, 0.29) is 16.8 Å². The van der Waals surface area contributed by atoms with Crippen molar-refractivity contribution in [3.63, 3.8) is 0 Å². The summed E-state index contributed by atoms with van der Waals surface area (Å²) in [5.74, 6) is -3.13. The highest BCUT2D eigenvalue weighted by Crippen LogP contribution is 2.39. The number of halogens is 7. The summed E-state index contributed by atoms with van der Waals surface area (Å²) in [5, 5.41) is 0. The summed E-state index contributed by atoms with van der Waals surface area (Å²) < 4.78 is 107. The molecular weight excluding hydrogens is 659 g/mol. The van der Waals surface area contributed by atoms with Gasteiger partial charge in [0, 0.05) is 22.9 Å². The Morgan fingerprint density at radius 2 is 1.66 bits per heavy atom. The molecule has 0 aliphatic rings. The van der Waals surface area contributed by atoms with Crippen molar-refractivity contribution < 1.29 is 49.1 Å². The van der Waals surface area contributed by atoms with Crippen LogP contribution in [0.15, 0.2) is 65.8 Å². The number of hydrogen-bond acceptors (Lipinski definition) is 6. The summed E-state index contributed by atoms with van der Waals surface area (Å²) in [6.45, 7) is -0.942. The highest BCUT2D eigenvalue weighted by molar-refractivity contribution is 14.2. The summed E-state index contributed by atoms with van der Waals surface area (Å²) in [7, 11) is -4.26. The zero-order valence-corrected chi connectivity index (χ0v) is 21.5. The summed E-state index contributed by atoms with van der Waals surface area (Å²) >= 11 is 0.893. The number of carbonyl (C=O) groups excluding carboxylic acids is 2. The number of benzene rings is 2. The quantitative estimate of drug-likeness (QED) is 0.216. The Morgan fingerprint density at radius 3 is 2.24 bits per heavy atom. The van der Waals surface area contributed by atoms with E-state index < -0.39 is 59.7 Å². The lowest BCUT2D eigenvalue weighted by molar-refractivity contribution is -0.274. The van der Waals surface area contributed by atoms with Crippen LogP contribution in [0.2, 0.25) is 0 Å². The molecule has 0 saturated heterocycles. The van der Waals surface area contributed by atoms with Gasteiger partial charge in [0.15, 0.2) is 0 Å². The van der Waals surface area contributed by atoms with Crippen LogP contribution in [0.4, 0.5) is 32.0 Å². The number of amides is 2. The Balaban J connectivity index is 2.24. The molecular formula is C22H14F6IN3O5S. The molecule has 0 spiro atoms. The number of pyridine rings is 1. The van der Waals surface area contributed by atoms with Crippen LogP contribution in [-0.2, 0) is 18.0 Å². The molecule has 0 radical (unpaired) electrons. The van der Waals surface area contributed by atoms with Crippen molar-refractivity contribution in [3.8, 4) is 16.9 Å². The van der Waals surface area contributed by atoms with Gasteiger partial charge in [-0.05, 0) is 30.3 Å². The lowest BCUT2D eigenvalue weighted by Gasteiger charge is -2.25. The number of ether oxygens (including phenoxy) is 1. The molecule has 2 amide bonds. The zero-order valence-electron chi connectivity index (χ0n) is 18.5. The van der Waals surface area contributed by atoms with E-state index in [1.165, 1.54) is 24.3 Å². The Labute approximate surface area is 222 Å². The van der Waals surface area contributed by atoms with E-state index in [4.69, 9.17) is 5.73 Å². The van der Waals surface area contributed by atoms with Crippen LogP contribution in [0.5, 0.6) is 5.75 Å². The second-order valence-corrected chi connectivity index (χ2v) is 12.3. The molecule has 0 aliphatic heterocycles. The first kappa shape index (κ1) is 29.2. The van der Waals surface area contributed by atoms with E-state index in [1.54, 1.807) is 0 Å². The maximum absolute atomic E-state index is 13.5. The minimum atomic E-state index is -5.09. The van der Waals surface area contributed by atoms with E-state index in [1.807, 2.05) is 0 Å². The van der Waals surface area contributed by atoms with E-state index in [0.717, 1.165) is 39.7 Å². The fourth-order valence-electron chi connectivity index (χ4n) is 3.34. The molecule has 2 aromatic carbocycles. The highest BCUT2D eigenvalue weighted by atomic mass is 127. The fraction of sp³-hybridized carbons (Fsp3) is 0.136. The third-order valence-corrected chi connectivity index (χ3v) is 7.14. The number of alkyl halides is 6. The second kappa shape index (κ2) is 10.8. The monoisotopic (exact) mass is 673 g/mol. The van der Waals surface area contributed by atoms with Crippen LogP contribution in [0.1, 0.15) is 15.9 Å². The number of primary amides is 1. The predicted molar refractivity (Wildman–Crippen MR) is 130 cm³/mol. The first-order valence-corrected chi connectivity index (χ1v) is 14.1. The normalized spacial score (nSPS) is 12.2. The average Bonchev–Trinajstić information content (AvgIpc) is 2.80. The molecule has 3 aromatic rings. The molecule has 0 bridgehead atoms. The number of anilines is 1. The van der Waals surface area contributed by atoms with E-state index >= 15 is 0 Å². The Kier molecular flexibility index (Phi) is 8.25. The maximum Gasteiger partial charge on any atom is 0.573 e. The molecule has 38 heavy (non-hydrogen) atoms. The third kappa shape index (κ3) is 7.12. The third-order valence-electron chi connectivity index (χ3n) is 4.82. The van der Waals surface area contributed by atoms with Crippen molar-refractivity contribution in [2.45, 2.75) is 17.4 Å². The van der Waals surface area contributed by atoms with Gasteiger partial charge < -0.3 is 10.5 Å². The van der Waals surface area contributed by atoms with Gasteiger partial charge in [0.1, 0.15) is 12.3 Å². The molecule has 202 valence electrons. The first-order chi connectivity index (χ1) is 17.5. The van der Waals surface area contributed by atoms with Crippen LogP contribution in [-0.4, -0.2) is 38.1 Å². The molecule has 3 rings (SSSR count). The second-order valence-electron chi connectivity index (χ2n) is 7.48. The Bertz CT molecular complexity index is 1500. The summed E-state index contributed by atoms with van der Waals surface area (Å²) in [4.78, 5) is 28.8. The van der Waals surface area contributed by atoms with Gasteiger partial charge in [-0.25, -0.2) is 8.42 Å². The van der Waals surface area contributed by atoms with Crippen LogP contribution < -0.4 is 15.4 Å². The summed E-state index contributed by atoms with van der Waals surface area (Å²) in [5.41, 5.74) is 2.35. The molecule has 0 fully saturated rings. The van der Waals surface area contributed by atoms with E-state index in [0.29, 0.717) is 23.1 Å². The number of nitrogens with two attached hydrogens (primary N) is 1. The molecule has 0 aliphatic carbocycles. The first-order valence-electron chi connectivity index (χ1n) is 10.0. The number of carbonyl (C=O) groups is 2. The zero-order chi connectivity index (χ0) is 28.5. The van der Waals surface area contributed by atoms with Crippen LogP contribution in [0.3, 0.4) is 0 Å². The van der Waals surface area contributed by atoms with E-state index in [9.17, 15) is 44.3 Å². The fourth-order valence-corrected chi connectivity index (χ4v) is 4.64. The molecule has 0 unspecified atom stereocenters. The van der Waals surface area contributed by atoms with Crippen LogP contribution in [0.25, 0.3) is 11.1 Å². The average molecular weight is 673 g/mol. The van der Waals surface area contributed by atoms with Gasteiger partial charge >= 0.3 is 12.5 Å². The number of nitrogens with zero attached hydrogens (tertiary/aromatic N) is 2. The highest BCUT2D eigenvalue weighted by Gasteiger charge is 2.35. The molecule has 8 nitrogen and oxygen atoms in total. The van der Waals surface area contributed by atoms with Gasteiger partial charge in [0.2, 0.25) is 12.9 Å². The lowest BCUT2D eigenvalue weighted by Crippen LogP contribution is -2.39.